The van der Waals surface area contributed by atoms with Crippen LogP contribution in [0.25, 0.3) is 0 Å². The Balaban J connectivity index is 2.02. The Morgan fingerprint density at radius 2 is 2.26 bits per heavy atom. The fourth-order valence-corrected chi connectivity index (χ4v) is 2.51. The molecule has 0 bridgehead atoms. The second-order valence-corrected chi connectivity index (χ2v) is 5.44. The maximum absolute atomic E-state index is 5.93. The Morgan fingerprint density at radius 1 is 1.42 bits per heavy atom. The molecule has 0 fully saturated rings. The lowest BCUT2D eigenvalue weighted by Gasteiger charge is -2.06. The van der Waals surface area contributed by atoms with Crippen molar-refractivity contribution >= 4 is 28.8 Å². The molecule has 1 N–H and O–H groups in total. The Bertz CT molecular complexity index is 546. The van der Waals surface area contributed by atoms with Crippen molar-refractivity contribution in [2.24, 2.45) is 0 Å². The summed E-state index contributed by atoms with van der Waals surface area (Å²) in [5, 5.41) is 4.62. The van der Waals surface area contributed by atoms with Gasteiger partial charge in [-0.05, 0) is 6.42 Å². The fraction of sp³-hybridized carbons (Fsp3) is 0.417. The SMILES string of the molecule is CCc1cnc(CNc2cc(Cl)nc(COC)n2)s1. The minimum Gasteiger partial charge on any atom is -0.377 e. The van der Waals surface area contributed by atoms with Crippen LogP contribution >= 0.6 is 22.9 Å². The monoisotopic (exact) mass is 298 g/mol. The van der Waals surface area contributed by atoms with Gasteiger partial charge in [0.25, 0.3) is 0 Å². The van der Waals surface area contributed by atoms with Crippen LogP contribution < -0.4 is 5.32 Å². The molecule has 0 aliphatic carbocycles. The number of hydrogen-bond donors (Lipinski definition) is 1. The number of nitrogens with one attached hydrogen (secondary N) is 1. The lowest BCUT2D eigenvalue weighted by molar-refractivity contribution is 0.178. The highest BCUT2D eigenvalue weighted by molar-refractivity contribution is 7.11. The van der Waals surface area contributed by atoms with Gasteiger partial charge in [-0.3, -0.25) is 0 Å². The average Bonchev–Trinajstić information content (AvgIpc) is 2.84. The van der Waals surface area contributed by atoms with Crippen LogP contribution in [-0.4, -0.2) is 22.1 Å². The molecule has 0 saturated carbocycles. The third-order valence-corrected chi connectivity index (χ3v) is 3.72. The van der Waals surface area contributed by atoms with E-state index in [1.54, 1.807) is 24.5 Å². The molecule has 0 amide bonds. The summed E-state index contributed by atoms with van der Waals surface area (Å²) in [5.41, 5.74) is 0. The van der Waals surface area contributed by atoms with Crippen LogP contribution in [0.15, 0.2) is 12.3 Å². The van der Waals surface area contributed by atoms with Gasteiger partial charge in [-0.25, -0.2) is 15.0 Å². The fourth-order valence-electron chi connectivity index (χ4n) is 1.51. The molecule has 0 radical (unpaired) electrons. The van der Waals surface area contributed by atoms with Gasteiger partial charge in [-0.15, -0.1) is 11.3 Å². The standard InChI is InChI=1S/C12H15ClN4OS/c1-3-8-5-15-12(19-8)6-14-10-4-9(13)16-11(17-10)7-18-2/h4-5H,3,6-7H2,1-2H3,(H,14,16,17). The van der Waals surface area contributed by atoms with Crippen LogP contribution in [0.2, 0.25) is 5.15 Å². The van der Waals surface area contributed by atoms with Gasteiger partial charge in [0.1, 0.15) is 22.6 Å². The van der Waals surface area contributed by atoms with E-state index in [0.717, 1.165) is 11.4 Å². The number of ether oxygens (including phenoxy) is 1. The van der Waals surface area contributed by atoms with Gasteiger partial charge >= 0.3 is 0 Å². The van der Waals surface area contributed by atoms with Crippen LogP contribution in [0.3, 0.4) is 0 Å². The number of aryl methyl sites for hydroxylation is 1. The topological polar surface area (TPSA) is 59.9 Å². The van der Waals surface area contributed by atoms with Gasteiger partial charge in [0, 0.05) is 24.3 Å². The van der Waals surface area contributed by atoms with E-state index in [1.807, 2.05) is 6.20 Å². The Labute approximate surface area is 121 Å². The lowest BCUT2D eigenvalue weighted by Crippen LogP contribution is -2.05. The van der Waals surface area contributed by atoms with E-state index in [0.29, 0.717) is 29.9 Å². The first-order chi connectivity index (χ1) is 9.21. The predicted molar refractivity (Wildman–Crippen MR) is 76.6 cm³/mol. The minimum atomic E-state index is 0.340. The van der Waals surface area contributed by atoms with Crippen molar-refractivity contribution in [2.75, 3.05) is 12.4 Å². The summed E-state index contributed by atoms with van der Waals surface area (Å²) in [6, 6.07) is 1.69. The zero-order valence-corrected chi connectivity index (χ0v) is 12.4. The van der Waals surface area contributed by atoms with Crippen LogP contribution in [-0.2, 0) is 24.3 Å². The molecule has 19 heavy (non-hydrogen) atoms. The molecule has 2 rings (SSSR count). The van der Waals surface area contributed by atoms with E-state index in [2.05, 4.69) is 27.2 Å². The van der Waals surface area contributed by atoms with E-state index < -0.39 is 0 Å². The van der Waals surface area contributed by atoms with Gasteiger partial charge in [0.2, 0.25) is 0 Å². The highest BCUT2D eigenvalue weighted by Crippen LogP contribution is 2.16. The van der Waals surface area contributed by atoms with E-state index in [4.69, 9.17) is 16.3 Å². The van der Waals surface area contributed by atoms with E-state index >= 15 is 0 Å². The van der Waals surface area contributed by atoms with Crippen LogP contribution in [0, 0.1) is 0 Å². The van der Waals surface area contributed by atoms with Crippen molar-refractivity contribution in [3.63, 3.8) is 0 Å². The zero-order valence-electron chi connectivity index (χ0n) is 10.8. The van der Waals surface area contributed by atoms with Crippen molar-refractivity contribution < 1.29 is 4.74 Å². The van der Waals surface area contributed by atoms with Gasteiger partial charge in [0.05, 0.1) is 6.54 Å². The summed E-state index contributed by atoms with van der Waals surface area (Å²) in [5.74, 6) is 1.24. The molecule has 2 heterocycles. The highest BCUT2D eigenvalue weighted by Gasteiger charge is 2.05. The highest BCUT2D eigenvalue weighted by atomic mass is 35.5. The molecular formula is C12H15ClN4OS. The summed E-state index contributed by atoms with van der Waals surface area (Å²) in [6.45, 7) is 3.09. The number of methoxy groups -OCH3 is 1. The van der Waals surface area contributed by atoms with Crippen LogP contribution in [0.4, 0.5) is 5.82 Å². The quantitative estimate of drug-likeness (QED) is 0.831. The first kappa shape index (κ1) is 14.2. The third kappa shape index (κ3) is 4.12. The molecule has 0 unspecified atom stereocenters. The molecular weight excluding hydrogens is 284 g/mol. The number of anilines is 1. The molecule has 2 aromatic rings. The smallest absolute Gasteiger partial charge is 0.158 e. The Kier molecular flexibility index (Phi) is 5.07. The number of aromatic nitrogens is 3. The van der Waals surface area contributed by atoms with E-state index in [1.165, 1.54) is 4.88 Å². The number of thiazole rings is 1. The largest absolute Gasteiger partial charge is 0.377 e. The second kappa shape index (κ2) is 6.79. The molecule has 102 valence electrons. The van der Waals surface area contributed by atoms with Crippen molar-refractivity contribution in [1.29, 1.82) is 0 Å². The van der Waals surface area contributed by atoms with Gasteiger partial charge in [-0.2, -0.15) is 0 Å². The lowest BCUT2D eigenvalue weighted by atomic mass is 10.4. The molecule has 0 aliphatic rings. The summed E-state index contributed by atoms with van der Waals surface area (Å²) in [7, 11) is 1.60. The third-order valence-electron chi connectivity index (χ3n) is 2.39. The first-order valence-corrected chi connectivity index (χ1v) is 7.10. The van der Waals surface area contributed by atoms with Gasteiger partial charge in [0.15, 0.2) is 5.82 Å². The van der Waals surface area contributed by atoms with E-state index in [-0.39, 0.29) is 0 Å². The number of halogens is 1. The van der Waals surface area contributed by atoms with Crippen molar-refractivity contribution in [1.82, 2.24) is 15.0 Å². The Hall–Kier alpha value is -1.24. The molecule has 5 nitrogen and oxygen atoms in total. The average molecular weight is 299 g/mol. The predicted octanol–water partition coefficient (Wildman–Crippen LogP) is 2.91. The molecule has 2 aromatic heterocycles. The number of nitrogens with zero attached hydrogens (tertiary/aromatic N) is 3. The van der Waals surface area contributed by atoms with Gasteiger partial charge < -0.3 is 10.1 Å². The zero-order chi connectivity index (χ0) is 13.7. The molecule has 0 aromatic carbocycles. The molecule has 0 spiro atoms. The molecule has 0 aliphatic heterocycles. The molecule has 7 heteroatoms. The summed E-state index contributed by atoms with van der Waals surface area (Å²) in [4.78, 5) is 14.0. The van der Waals surface area contributed by atoms with Crippen molar-refractivity contribution in [2.45, 2.75) is 26.5 Å². The molecule has 0 saturated heterocycles. The maximum atomic E-state index is 5.93. The van der Waals surface area contributed by atoms with Crippen LogP contribution in [0.1, 0.15) is 22.6 Å². The number of hydrogen-bond acceptors (Lipinski definition) is 6. The summed E-state index contributed by atoms with van der Waals surface area (Å²) in [6.07, 6.45) is 2.92. The molecule has 0 atom stereocenters. The van der Waals surface area contributed by atoms with Crippen molar-refractivity contribution in [3.8, 4) is 0 Å². The first-order valence-electron chi connectivity index (χ1n) is 5.91. The second-order valence-electron chi connectivity index (χ2n) is 3.85. The minimum absolute atomic E-state index is 0.340. The summed E-state index contributed by atoms with van der Waals surface area (Å²) >= 11 is 7.63. The Morgan fingerprint density at radius 3 is 2.95 bits per heavy atom. The summed E-state index contributed by atoms with van der Waals surface area (Å²) < 4.78 is 5.00. The maximum Gasteiger partial charge on any atom is 0.158 e. The van der Waals surface area contributed by atoms with Crippen molar-refractivity contribution in [3.05, 3.63) is 33.1 Å². The van der Waals surface area contributed by atoms with Crippen LogP contribution in [0.5, 0.6) is 0 Å². The number of rotatable bonds is 6. The van der Waals surface area contributed by atoms with Gasteiger partial charge in [-0.1, -0.05) is 18.5 Å². The van der Waals surface area contributed by atoms with E-state index in [9.17, 15) is 0 Å². The normalized spacial score (nSPS) is 10.7.